The Kier molecular flexibility index (Phi) is 6.26. The van der Waals surface area contributed by atoms with Gasteiger partial charge in [0.2, 0.25) is 0 Å². The molecule has 170 valence electrons. The first-order chi connectivity index (χ1) is 15.8. The number of rotatable bonds is 7. The monoisotopic (exact) mass is 464 g/mol. The summed E-state index contributed by atoms with van der Waals surface area (Å²) >= 11 is 0. The van der Waals surface area contributed by atoms with Gasteiger partial charge in [-0.1, -0.05) is 30.3 Å². The smallest absolute Gasteiger partial charge is 0.259 e. The summed E-state index contributed by atoms with van der Waals surface area (Å²) in [5.74, 6) is -0.350. The number of nitrogens with zero attached hydrogens (tertiary/aromatic N) is 2. The highest BCUT2D eigenvalue weighted by atomic mass is 32.2. The predicted molar refractivity (Wildman–Crippen MR) is 127 cm³/mol. The molecule has 4 rings (SSSR count). The number of amides is 1. The number of nitrogens with one attached hydrogen (secondary N) is 2. The lowest BCUT2D eigenvalue weighted by Crippen LogP contribution is -2.14. The fourth-order valence-corrected chi connectivity index (χ4v) is 4.52. The minimum absolute atomic E-state index is 0.0218. The molecule has 8 nitrogen and oxygen atoms in total. The van der Waals surface area contributed by atoms with Crippen molar-refractivity contribution in [3.63, 3.8) is 0 Å². The maximum atomic E-state index is 13.0. The molecule has 0 saturated carbocycles. The van der Waals surface area contributed by atoms with E-state index in [4.69, 9.17) is 0 Å². The van der Waals surface area contributed by atoms with Crippen LogP contribution in [0, 0.1) is 0 Å². The van der Waals surface area contributed by atoms with Crippen molar-refractivity contribution in [2.24, 2.45) is 0 Å². The van der Waals surface area contributed by atoms with Crippen molar-refractivity contribution in [2.75, 3.05) is 11.9 Å². The molecule has 2 heterocycles. The highest BCUT2D eigenvalue weighted by Crippen LogP contribution is 2.25. The number of aliphatic hydroxyl groups is 1. The lowest BCUT2D eigenvalue weighted by molar-refractivity contribution is 0.102. The van der Waals surface area contributed by atoms with Gasteiger partial charge in [0, 0.05) is 24.1 Å². The molecule has 0 aliphatic heterocycles. The number of H-pyrrole nitrogens is 1. The van der Waals surface area contributed by atoms with Crippen LogP contribution in [0.15, 0.2) is 65.8 Å². The van der Waals surface area contributed by atoms with E-state index >= 15 is 0 Å². The van der Waals surface area contributed by atoms with Gasteiger partial charge in [0.15, 0.2) is 15.5 Å². The van der Waals surface area contributed by atoms with Crippen LogP contribution in [0.2, 0.25) is 0 Å². The number of aromatic nitrogens is 3. The van der Waals surface area contributed by atoms with Crippen molar-refractivity contribution >= 4 is 32.6 Å². The lowest BCUT2D eigenvalue weighted by atomic mass is 10.1. The number of hydrogen-bond donors (Lipinski definition) is 3. The van der Waals surface area contributed by atoms with Crippen LogP contribution in [0.25, 0.3) is 22.4 Å². The summed E-state index contributed by atoms with van der Waals surface area (Å²) in [5.41, 5.74) is 3.86. The number of aliphatic hydroxyl groups excluding tert-OH is 1. The zero-order valence-corrected chi connectivity index (χ0v) is 19.1. The quantitative estimate of drug-likeness (QED) is 0.384. The van der Waals surface area contributed by atoms with Crippen molar-refractivity contribution in [1.82, 2.24) is 15.0 Å². The van der Waals surface area contributed by atoms with E-state index in [-0.39, 0.29) is 17.4 Å². The van der Waals surface area contributed by atoms with Gasteiger partial charge in [-0.25, -0.2) is 18.4 Å². The third-order valence-corrected chi connectivity index (χ3v) is 7.54. The van der Waals surface area contributed by atoms with E-state index in [1.165, 1.54) is 0 Å². The third kappa shape index (κ3) is 4.50. The van der Waals surface area contributed by atoms with Crippen LogP contribution in [0.4, 0.5) is 5.69 Å². The normalized spacial score (nSPS) is 11.8. The summed E-state index contributed by atoms with van der Waals surface area (Å²) in [4.78, 5) is 25.2. The standard InChI is InChI=1S/C24H24N4O4S/c1-15(2)33(31,32)18-9-7-17(8-10-18)21-14-26-23-22(27-21)19(13-25-23)24(30)28-20-6-4-3-5-16(20)11-12-29/h3-10,13-15,29H,11-12H2,1-2H3,(H,25,26)(H,28,30). The molecular formula is C24H24N4O4S. The van der Waals surface area contributed by atoms with E-state index in [0.29, 0.717) is 40.1 Å². The van der Waals surface area contributed by atoms with Crippen molar-refractivity contribution in [3.05, 3.63) is 72.1 Å². The highest BCUT2D eigenvalue weighted by Gasteiger charge is 2.20. The molecule has 0 fully saturated rings. The number of hydrogen-bond acceptors (Lipinski definition) is 6. The minimum Gasteiger partial charge on any atom is -0.396 e. The second kappa shape index (κ2) is 9.13. The summed E-state index contributed by atoms with van der Waals surface area (Å²) in [6, 6.07) is 13.8. The molecule has 33 heavy (non-hydrogen) atoms. The molecule has 4 aromatic rings. The number of carbonyl (C=O) groups is 1. The first-order valence-corrected chi connectivity index (χ1v) is 12.0. The van der Waals surface area contributed by atoms with Crippen LogP contribution in [0.1, 0.15) is 29.8 Å². The summed E-state index contributed by atoms with van der Waals surface area (Å²) in [6.45, 7) is 3.26. The van der Waals surface area contributed by atoms with Crippen molar-refractivity contribution < 1.29 is 18.3 Å². The molecule has 0 spiro atoms. The molecule has 2 aromatic carbocycles. The van der Waals surface area contributed by atoms with E-state index in [9.17, 15) is 18.3 Å². The molecule has 0 radical (unpaired) electrons. The van der Waals surface area contributed by atoms with Crippen LogP contribution in [0.3, 0.4) is 0 Å². The van der Waals surface area contributed by atoms with Gasteiger partial charge in [-0.2, -0.15) is 0 Å². The molecule has 0 bridgehead atoms. The number of aromatic amines is 1. The first kappa shape index (κ1) is 22.6. The predicted octanol–water partition coefficient (Wildman–Crippen LogP) is 3.59. The zero-order valence-electron chi connectivity index (χ0n) is 18.2. The van der Waals surface area contributed by atoms with Crippen molar-refractivity contribution in [3.8, 4) is 11.3 Å². The second-order valence-electron chi connectivity index (χ2n) is 7.86. The largest absolute Gasteiger partial charge is 0.396 e. The Morgan fingerprint density at radius 3 is 2.55 bits per heavy atom. The maximum Gasteiger partial charge on any atom is 0.259 e. The third-order valence-electron chi connectivity index (χ3n) is 5.37. The summed E-state index contributed by atoms with van der Waals surface area (Å²) < 4.78 is 24.7. The van der Waals surface area contributed by atoms with E-state index in [2.05, 4.69) is 20.3 Å². The Morgan fingerprint density at radius 1 is 1.12 bits per heavy atom. The summed E-state index contributed by atoms with van der Waals surface area (Å²) in [5, 5.41) is 11.6. The topological polar surface area (TPSA) is 125 Å². The number of benzene rings is 2. The fraction of sp³-hybridized carbons (Fsp3) is 0.208. The fourth-order valence-electron chi connectivity index (χ4n) is 3.46. The SMILES string of the molecule is CC(C)S(=O)(=O)c1ccc(-c2cnc3[nH]cc(C(=O)Nc4ccccc4CCO)c3n2)cc1. The zero-order chi connectivity index (χ0) is 23.6. The van der Waals surface area contributed by atoms with Gasteiger partial charge in [-0.3, -0.25) is 4.79 Å². The molecule has 0 atom stereocenters. The van der Waals surface area contributed by atoms with Crippen molar-refractivity contribution in [2.45, 2.75) is 30.4 Å². The molecule has 1 amide bonds. The second-order valence-corrected chi connectivity index (χ2v) is 10.4. The molecular weight excluding hydrogens is 440 g/mol. The van der Waals surface area contributed by atoms with Gasteiger partial charge in [0.1, 0.15) is 5.52 Å². The van der Waals surface area contributed by atoms with Crippen LogP contribution < -0.4 is 5.32 Å². The Morgan fingerprint density at radius 2 is 1.85 bits per heavy atom. The van der Waals surface area contributed by atoms with Gasteiger partial charge in [-0.15, -0.1) is 0 Å². The number of anilines is 1. The summed E-state index contributed by atoms with van der Waals surface area (Å²) in [6.07, 6.45) is 3.55. The average Bonchev–Trinajstić information content (AvgIpc) is 3.24. The Hall–Kier alpha value is -3.56. The lowest BCUT2D eigenvalue weighted by Gasteiger charge is -2.10. The first-order valence-electron chi connectivity index (χ1n) is 10.5. The maximum absolute atomic E-state index is 13.0. The molecule has 3 N–H and O–H groups in total. The van der Waals surface area contributed by atoms with Crippen LogP contribution in [0.5, 0.6) is 0 Å². The van der Waals surface area contributed by atoms with E-state index in [0.717, 1.165) is 5.56 Å². The van der Waals surface area contributed by atoms with Gasteiger partial charge in [-0.05, 0) is 44.0 Å². The molecule has 0 saturated heterocycles. The van der Waals surface area contributed by atoms with E-state index < -0.39 is 15.1 Å². The number of fused-ring (bicyclic) bond motifs is 1. The number of sulfone groups is 1. The van der Waals surface area contributed by atoms with Crippen molar-refractivity contribution in [1.29, 1.82) is 0 Å². The van der Waals surface area contributed by atoms with Gasteiger partial charge < -0.3 is 15.4 Å². The summed E-state index contributed by atoms with van der Waals surface area (Å²) in [7, 11) is -3.37. The van der Waals surface area contributed by atoms with Gasteiger partial charge in [0.05, 0.1) is 27.6 Å². The number of para-hydroxylation sites is 1. The minimum atomic E-state index is -3.37. The van der Waals surface area contributed by atoms with Gasteiger partial charge >= 0.3 is 0 Å². The van der Waals surface area contributed by atoms with Crippen LogP contribution in [-0.2, 0) is 16.3 Å². The Bertz CT molecular complexity index is 1410. The molecule has 9 heteroatoms. The van der Waals surface area contributed by atoms with E-state index in [1.54, 1.807) is 56.6 Å². The Balaban J connectivity index is 1.65. The van der Waals surface area contributed by atoms with Crippen LogP contribution in [-0.4, -0.2) is 46.2 Å². The Labute approximate surface area is 191 Å². The molecule has 0 aliphatic rings. The van der Waals surface area contributed by atoms with Gasteiger partial charge in [0.25, 0.3) is 5.91 Å². The molecule has 0 aliphatic carbocycles. The molecule has 2 aromatic heterocycles. The average molecular weight is 465 g/mol. The van der Waals surface area contributed by atoms with Crippen LogP contribution >= 0.6 is 0 Å². The van der Waals surface area contributed by atoms with E-state index in [1.807, 2.05) is 18.2 Å². The highest BCUT2D eigenvalue weighted by molar-refractivity contribution is 7.92. The molecule has 0 unspecified atom stereocenters. The number of carbonyl (C=O) groups excluding carboxylic acids is 1.